The lowest BCUT2D eigenvalue weighted by atomic mass is 10.3. The van der Waals surface area contributed by atoms with Gasteiger partial charge in [-0.2, -0.15) is 0 Å². The van der Waals surface area contributed by atoms with Gasteiger partial charge in [-0.15, -0.1) is 34.0 Å². The molecule has 0 aromatic heterocycles. The zero-order valence-electron chi connectivity index (χ0n) is 4.55. The highest BCUT2D eigenvalue weighted by Crippen LogP contribution is 1.65. The van der Waals surface area contributed by atoms with Gasteiger partial charge >= 0.3 is 0 Å². The molecule has 1 atom stereocenters. The van der Waals surface area contributed by atoms with E-state index in [1.807, 2.05) is 0 Å². The molecule has 0 fully saturated rings. The van der Waals surface area contributed by atoms with Crippen LogP contribution in [0.2, 0.25) is 0 Å². The van der Waals surface area contributed by atoms with Crippen LogP contribution in [-0.4, -0.2) is 11.9 Å². The van der Waals surface area contributed by atoms with Gasteiger partial charge in [0.15, 0.2) is 0 Å². The first-order chi connectivity index (χ1) is 2.64. The third-order valence-corrected chi connectivity index (χ3v) is 0.491. The minimum absolute atomic E-state index is 0. The second kappa shape index (κ2) is 7.39. The summed E-state index contributed by atoms with van der Waals surface area (Å²) in [4.78, 5) is 0. The number of nitrogens with one attached hydrogen (secondary N) is 1. The van der Waals surface area contributed by atoms with Crippen LogP contribution >= 0.6 is 34.0 Å². The second-order valence-electron chi connectivity index (χ2n) is 1.24. The fourth-order valence-corrected chi connectivity index (χ4v) is 0. The molecular formula is C3H11Br2N3. The molecule has 0 saturated heterocycles. The van der Waals surface area contributed by atoms with E-state index in [0.29, 0.717) is 0 Å². The summed E-state index contributed by atoms with van der Waals surface area (Å²) in [5, 5.41) is 6.60. The van der Waals surface area contributed by atoms with E-state index < -0.39 is 0 Å². The molecule has 3 nitrogen and oxygen atoms in total. The Morgan fingerprint density at radius 2 is 1.62 bits per heavy atom. The Morgan fingerprint density at radius 1 is 1.50 bits per heavy atom. The van der Waals surface area contributed by atoms with E-state index in [0.717, 1.165) is 0 Å². The highest BCUT2D eigenvalue weighted by Gasteiger charge is 1.91. The van der Waals surface area contributed by atoms with Gasteiger partial charge in [-0.1, -0.05) is 0 Å². The van der Waals surface area contributed by atoms with Gasteiger partial charge in [0, 0.05) is 0 Å². The Labute approximate surface area is 69.9 Å². The molecule has 0 saturated carbocycles. The Kier molecular flexibility index (Phi) is 14.6. The zero-order chi connectivity index (χ0) is 5.15. The maximum atomic E-state index is 6.60. The minimum Gasteiger partial charge on any atom is -0.386 e. The summed E-state index contributed by atoms with van der Waals surface area (Å²) in [6, 6.07) is -0.287. The molecular weight excluding hydrogens is 238 g/mol. The predicted octanol–water partition coefficient (Wildman–Crippen LogP) is 0.425. The summed E-state index contributed by atoms with van der Waals surface area (Å²) < 4.78 is 0. The van der Waals surface area contributed by atoms with E-state index in [9.17, 15) is 0 Å². The van der Waals surface area contributed by atoms with Gasteiger partial charge in [-0.3, -0.25) is 5.41 Å². The largest absolute Gasteiger partial charge is 0.386 e. The van der Waals surface area contributed by atoms with Crippen LogP contribution in [-0.2, 0) is 0 Å². The van der Waals surface area contributed by atoms with Crippen molar-refractivity contribution in [3.63, 3.8) is 0 Å². The molecule has 1 unspecified atom stereocenters. The summed E-state index contributed by atoms with van der Waals surface area (Å²) in [7, 11) is 0. The predicted molar refractivity (Wildman–Crippen MR) is 46.2 cm³/mol. The summed E-state index contributed by atoms with van der Waals surface area (Å²) in [6.07, 6.45) is 0. The molecule has 0 aliphatic carbocycles. The van der Waals surface area contributed by atoms with Crippen LogP contribution < -0.4 is 11.5 Å². The molecule has 0 spiro atoms. The first-order valence-corrected chi connectivity index (χ1v) is 1.74. The Bertz CT molecular complexity index is 63.5. The topological polar surface area (TPSA) is 75.9 Å². The van der Waals surface area contributed by atoms with E-state index in [1.54, 1.807) is 6.92 Å². The van der Waals surface area contributed by atoms with Crippen molar-refractivity contribution in [3.05, 3.63) is 0 Å². The fraction of sp³-hybridized carbons (Fsp3) is 0.667. The van der Waals surface area contributed by atoms with Crippen LogP contribution in [0.15, 0.2) is 0 Å². The number of rotatable bonds is 1. The minimum atomic E-state index is -0.287. The highest BCUT2D eigenvalue weighted by atomic mass is 79.9. The van der Waals surface area contributed by atoms with E-state index in [1.165, 1.54) is 0 Å². The lowest BCUT2D eigenvalue weighted by Crippen LogP contribution is -2.32. The van der Waals surface area contributed by atoms with E-state index in [2.05, 4.69) is 0 Å². The Balaban J connectivity index is -0.000000125. The van der Waals surface area contributed by atoms with Crippen LogP contribution in [0.3, 0.4) is 0 Å². The van der Waals surface area contributed by atoms with E-state index >= 15 is 0 Å². The van der Waals surface area contributed by atoms with Crippen molar-refractivity contribution in [2.45, 2.75) is 13.0 Å². The summed E-state index contributed by atoms with van der Waals surface area (Å²) in [5.41, 5.74) is 9.98. The number of amidine groups is 1. The number of hydrogen-bond donors (Lipinski definition) is 3. The quantitative estimate of drug-likeness (QED) is 0.465. The summed E-state index contributed by atoms with van der Waals surface area (Å²) >= 11 is 0. The maximum Gasteiger partial charge on any atom is 0.107 e. The Hall–Kier alpha value is 0.390. The van der Waals surface area contributed by atoms with E-state index in [-0.39, 0.29) is 45.8 Å². The van der Waals surface area contributed by atoms with Crippen molar-refractivity contribution in [2.75, 3.05) is 0 Å². The van der Waals surface area contributed by atoms with Crippen LogP contribution in [0.4, 0.5) is 0 Å². The summed E-state index contributed by atoms with van der Waals surface area (Å²) in [6.45, 7) is 1.67. The number of halogens is 2. The molecule has 0 amide bonds. The lowest BCUT2D eigenvalue weighted by molar-refractivity contribution is 0.951. The fourth-order valence-electron chi connectivity index (χ4n) is 0. The molecule has 8 heavy (non-hydrogen) atoms. The van der Waals surface area contributed by atoms with Gasteiger partial charge in [0.1, 0.15) is 5.84 Å². The normalized spacial score (nSPS) is 10.2. The molecule has 0 aliphatic rings. The van der Waals surface area contributed by atoms with Crippen molar-refractivity contribution >= 4 is 39.8 Å². The van der Waals surface area contributed by atoms with Gasteiger partial charge in [-0.05, 0) is 6.92 Å². The van der Waals surface area contributed by atoms with Crippen LogP contribution in [0.1, 0.15) is 6.92 Å². The van der Waals surface area contributed by atoms with Crippen LogP contribution in [0.5, 0.6) is 0 Å². The molecule has 0 radical (unpaired) electrons. The molecule has 0 aromatic rings. The average molecular weight is 249 g/mol. The van der Waals surface area contributed by atoms with Gasteiger partial charge in [0.05, 0.1) is 6.04 Å². The molecule has 52 valence electrons. The Morgan fingerprint density at radius 3 is 1.62 bits per heavy atom. The van der Waals surface area contributed by atoms with Gasteiger partial charge in [0.25, 0.3) is 0 Å². The van der Waals surface area contributed by atoms with Crippen molar-refractivity contribution in [3.8, 4) is 0 Å². The van der Waals surface area contributed by atoms with Crippen molar-refractivity contribution in [1.82, 2.24) is 0 Å². The van der Waals surface area contributed by atoms with Crippen molar-refractivity contribution < 1.29 is 0 Å². The molecule has 0 heterocycles. The maximum absolute atomic E-state index is 6.60. The smallest absolute Gasteiger partial charge is 0.107 e. The number of nitrogens with two attached hydrogens (primary N) is 2. The van der Waals surface area contributed by atoms with Crippen LogP contribution in [0, 0.1) is 5.41 Å². The first kappa shape index (κ1) is 15.8. The zero-order valence-corrected chi connectivity index (χ0v) is 7.97. The standard InChI is InChI=1S/C3H9N3.2BrH/c1-2(4)3(5)6;;/h2H,4H2,1H3,(H3,5,6);2*1H. The van der Waals surface area contributed by atoms with Gasteiger partial charge in [-0.25, -0.2) is 0 Å². The SMILES string of the molecule is Br.Br.CC(N)C(=N)N. The molecule has 0 aliphatic heterocycles. The monoisotopic (exact) mass is 247 g/mol. The van der Waals surface area contributed by atoms with Crippen LogP contribution in [0.25, 0.3) is 0 Å². The first-order valence-electron chi connectivity index (χ1n) is 1.74. The molecule has 0 rings (SSSR count). The second-order valence-corrected chi connectivity index (χ2v) is 1.24. The molecule has 5 heteroatoms. The third kappa shape index (κ3) is 9.63. The van der Waals surface area contributed by atoms with E-state index in [4.69, 9.17) is 16.9 Å². The molecule has 5 N–H and O–H groups in total. The summed E-state index contributed by atoms with van der Waals surface area (Å²) in [5.74, 6) is 0.0370. The average Bonchev–Trinajstić information content (AvgIpc) is 1.36. The van der Waals surface area contributed by atoms with Gasteiger partial charge in [0.2, 0.25) is 0 Å². The number of hydrogen-bond acceptors (Lipinski definition) is 2. The van der Waals surface area contributed by atoms with Crippen molar-refractivity contribution in [1.29, 1.82) is 5.41 Å². The molecule has 0 aromatic carbocycles. The highest BCUT2D eigenvalue weighted by molar-refractivity contribution is 8.93. The lowest BCUT2D eigenvalue weighted by Gasteiger charge is -1.96. The molecule has 0 bridgehead atoms. The van der Waals surface area contributed by atoms with Crippen molar-refractivity contribution in [2.24, 2.45) is 11.5 Å². The third-order valence-electron chi connectivity index (χ3n) is 0.491. The van der Waals surface area contributed by atoms with Gasteiger partial charge < -0.3 is 11.5 Å².